The molecule has 214 valence electrons. The van der Waals surface area contributed by atoms with Gasteiger partial charge in [-0.1, -0.05) is 68.3 Å². The van der Waals surface area contributed by atoms with Crippen LogP contribution in [0.4, 0.5) is 5.69 Å². The molecule has 0 saturated heterocycles. The minimum Gasteiger partial charge on any atom is -0.497 e. The molecule has 9 heteroatoms. The average molecular weight is 566 g/mol. The van der Waals surface area contributed by atoms with Gasteiger partial charge in [-0.05, 0) is 61.7 Å². The van der Waals surface area contributed by atoms with Crippen molar-refractivity contribution in [1.82, 2.24) is 10.2 Å². The second-order valence-corrected chi connectivity index (χ2v) is 11.5. The van der Waals surface area contributed by atoms with E-state index in [0.717, 1.165) is 28.3 Å². The molecule has 3 aromatic rings. The van der Waals surface area contributed by atoms with Crippen molar-refractivity contribution >= 4 is 27.5 Å². The molecule has 0 saturated carbocycles. The number of aryl methyl sites for hydroxylation is 1. The van der Waals surface area contributed by atoms with E-state index in [2.05, 4.69) is 5.32 Å². The Balaban J connectivity index is 2.01. The first-order valence-electron chi connectivity index (χ1n) is 13.6. The van der Waals surface area contributed by atoms with E-state index in [9.17, 15) is 18.0 Å². The zero-order chi connectivity index (χ0) is 29.1. The van der Waals surface area contributed by atoms with Crippen LogP contribution in [0.25, 0.3) is 0 Å². The lowest BCUT2D eigenvalue weighted by Crippen LogP contribution is -2.52. The third-order valence-corrected chi connectivity index (χ3v) is 8.42. The number of unbranched alkanes of at least 4 members (excludes halogenated alkanes) is 1. The Bertz CT molecular complexity index is 1360. The third kappa shape index (κ3) is 7.85. The summed E-state index contributed by atoms with van der Waals surface area (Å²) in [6.45, 7) is 5.90. The van der Waals surface area contributed by atoms with E-state index in [1.165, 1.54) is 17.0 Å². The van der Waals surface area contributed by atoms with Crippen molar-refractivity contribution in [3.05, 3.63) is 90.0 Å². The summed E-state index contributed by atoms with van der Waals surface area (Å²) in [7, 11) is -2.53. The lowest BCUT2D eigenvalue weighted by molar-refractivity contribution is -0.140. The molecule has 3 aromatic carbocycles. The van der Waals surface area contributed by atoms with Crippen LogP contribution < -0.4 is 14.4 Å². The number of sulfonamides is 1. The predicted molar refractivity (Wildman–Crippen MR) is 158 cm³/mol. The number of nitrogens with zero attached hydrogens (tertiary/aromatic N) is 2. The number of anilines is 1. The number of rotatable bonds is 14. The summed E-state index contributed by atoms with van der Waals surface area (Å²) in [5.74, 6) is -0.127. The van der Waals surface area contributed by atoms with Crippen molar-refractivity contribution in [2.75, 3.05) is 24.5 Å². The number of carbonyl (C=O) groups excluding carboxylic acids is 2. The number of nitrogens with one attached hydrogen (secondary N) is 1. The molecular formula is C31H39N3O5S. The summed E-state index contributed by atoms with van der Waals surface area (Å²) in [5.41, 5.74) is 2.05. The highest BCUT2D eigenvalue weighted by atomic mass is 32.2. The topological polar surface area (TPSA) is 96.0 Å². The summed E-state index contributed by atoms with van der Waals surface area (Å²) in [6.07, 6.45) is 2.11. The standard InChI is InChI=1S/C31H39N3O5S/c1-5-7-20-32-31(36)29(6-2)33(22-25-12-11-15-27(21-25)39-4)30(35)23-34(26-13-9-8-10-14-26)40(37,38)28-18-16-24(3)17-19-28/h8-19,21,29H,5-7,20,22-23H2,1-4H3,(H,32,36)/t29-/m1/s1. The van der Waals surface area contributed by atoms with Gasteiger partial charge in [0.2, 0.25) is 11.8 Å². The van der Waals surface area contributed by atoms with Crippen molar-refractivity contribution < 1.29 is 22.7 Å². The molecule has 0 radical (unpaired) electrons. The Morgan fingerprint density at radius 2 is 1.65 bits per heavy atom. The summed E-state index contributed by atoms with van der Waals surface area (Å²) in [4.78, 5) is 28.9. The van der Waals surface area contributed by atoms with Crippen LogP contribution in [0.2, 0.25) is 0 Å². The zero-order valence-electron chi connectivity index (χ0n) is 23.7. The van der Waals surface area contributed by atoms with Crippen LogP contribution in [0.5, 0.6) is 5.75 Å². The Labute approximate surface area is 238 Å². The van der Waals surface area contributed by atoms with Gasteiger partial charge in [-0.25, -0.2) is 8.42 Å². The first-order valence-corrected chi connectivity index (χ1v) is 15.0. The minimum atomic E-state index is -4.09. The summed E-state index contributed by atoms with van der Waals surface area (Å²) < 4.78 is 34.2. The van der Waals surface area contributed by atoms with Gasteiger partial charge in [0, 0.05) is 13.1 Å². The molecule has 1 N–H and O–H groups in total. The molecular weight excluding hydrogens is 526 g/mol. The van der Waals surface area contributed by atoms with Gasteiger partial charge < -0.3 is 15.0 Å². The van der Waals surface area contributed by atoms with Crippen molar-refractivity contribution in [3.8, 4) is 5.75 Å². The smallest absolute Gasteiger partial charge is 0.264 e. The number of hydrogen-bond acceptors (Lipinski definition) is 5. The highest BCUT2D eigenvalue weighted by Gasteiger charge is 2.33. The molecule has 8 nitrogen and oxygen atoms in total. The predicted octanol–water partition coefficient (Wildman–Crippen LogP) is 4.92. The van der Waals surface area contributed by atoms with E-state index in [0.29, 0.717) is 24.4 Å². The lowest BCUT2D eigenvalue weighted by Gasteiger charge is -2.33. The van der Waals surface area contributed by atoms with Crippen LogP contribution in [0.1, 0.15) is 44.2 Å². The second-order valence-electron chi connectivity index (χ2n) is 9.60. The van der Waals surface area contributed by atoms with E-state index in [1.807, 2.05) is 32.9 Å². The quantitative estimate of drug-likeness (QED) is 0.280. The average Bonchev–Trinajstić information content (AvgIpc) is 2.96. The number of hydrogen-bond donors (Lipinski definition) is 1. The van der Waals surface area contributed by atoms with E-state index in [4.69, 9.17) is 4.74 Å². The SMILES string of the molecule is CCCCNC(=O)[C@@H](CC)N(Cc1cccc(OC)c1)C(=O)CN(c1ccccc1)S(=O)(=O)c1ccc(C)cc1. The Morgan fingerprint density at radius 1 is 0.950 bits per heavy atom. The van der Waals surface area contributed by atoms with Crippen molar-refractivity contribution in [2.45, 2.75) is 57.5 Å². The van der Waals surface area contributed by atoms with Gasteiger partial charge >= 0.3 is 0 Å². The summed E-state index contributed by atoms with van der Waals surface area (Å²) in [6, 6.07) is 21.5. The number of ether oxygens (including phenoxy) is 1. The van der Waals surface area contributed by atoms with Gasteiger partial charge in [-0.3, -0.25) is 13.9 Å². The van der Waals surface area contributed by atoms with E-state index in [1.54, 1.807) is 61.7 Å². The maximum atomic E-state index is 14.1. The van der Waals surface area contributed by atoms with Crippen molar-refractivity contribution in [2.24, 2.45) is 0 Å². The van der Waals surface area contributed by atoms with E-state index < -0.39 is 28.5 Å². The summed E-state index contributed by atoms with van der Waals surface area (Å²) in [5, 5.41) is 2.94. The summed E-state index contributed by atoms with van der Waals surface area (Å²) >= 11 is 0. The van der Waals surface area contributed by atoms with Gasteiger partial charge in [0.05, 0.1) is 17.7 Å². The number of amides is 2. The molecule has 2 amide bonds. The molecule has 0 bridgehead atoms. The van der Waals surface area contributed by atoms with E-state index >= 15 is 0 Å². The van der Waals surface area contributed by atoms with Gasteiger partial charge in [0.25, 0.3) is 10.0 Å². The van der Waals surface area contributed by atoms with Crippen LogP contribution in [-0.4, -0.2) is 51.4 Å². The maximum absolute atomic E-state index is 14.1. The Hall–Kier alpha value is -3.85. The molecule has 0 aliphatic rings. The number of para-hydroxylation sites is 1. The van der Waals surface area contributed by atoms with E-state index in [-0.39, 0.29) is 17.3 Å². The molecule has 0 aromatic heterocycles. The first kappa shape index (κ1) is 30.7. The van der Waals surface area contributed by atoms with Crippen LogP contribution in [0.15, 0.2) is 83.8 Å². The second kappa shape index (κ2) is 14.5. The minimum absolute atomic E-state index is 0.0819. The van der Waals surface area contributed by atoms with Gasteiger partial charge in [0.15, 0.2) is 0 Å². The van der Waals surface area contributed by atoms with Crippen molar-refractivity contribution in [1.29, 1.82) is 0 Å². The fourth-order valence-electron chi connectivity index (χ4n) is 4.35. The normalized spacial score (nSPS) is 11.9. The molecule has 1 atom stereocenters. The number of carbonyl (C=O) groups is 2. The van der Waals surface area contributed by atoms with Gasteiger partial charge in [-0.2, -0.15) is 0 Å². The van der Waals surface area contributed by atoms with Gasteiger partial charge in [-0.15, -0.1) is 0 Å². The van der Waals surface area contributed by atoms with Gasteiger partial charge in [0.1, 0.15) is 18.3 Å². The molecule has 0 unspecified atom stereocenters. The zero-order valence-corrected chi connectivity index (χ0v) is 24.5. The highest BCUT2D eigenvalue weighted by molar-refractivity contribution is 7.92. The monoisotopic (exact) mass is 565 g/mol. The van der Waals surface area contributed by atoms with Crippen LogP contribution in [0, 0.1) is 6.92 Å². The largest absolute Gasteiger partial charge is 0.497 e. The number of methoxy groups -OCH3 is 1. The van der Waals surface area contributed by atoms with Crippen LogP contribution in [0.3, 0.4) is 0 Å². The molecule has 0 spiro atoms. The first-order chi connectivity index (χ1) is 19.2. The maximum Gasteiger partial charge on any atom is 0.264 e. The molecule has 0 aliphatic carbocycles. The number of benzene rings is 3. The lowest BCUT2D eigenvalue weighted by atomic mass is 10.1. The molecule has 0 aliphatic heterocycles. The molecule has 0 fully saturated rings. The fourth-order valence-corrected chi connectivity index (χ4v) is 5.77. The molecule has 3 rings (SSSR count). The third-order valence-electron chi connectivity index (χ3n) is 6.63. The Kier molecular flexibility index (Phi) is 11.1. The van der Waals surface area contributed by atoms with Crippen LogP contribution in [-0.2, 0) is 26.2 Å². The molecule has 40 heavy (non-hydrogen) atoms. The highest BCUT2D eigenvalue weighted by Crippen LogP contribution is 2.25. The van der Waals surface area contributed by atoms with Crippen molar-refractivity contribution in [3.63, 3.8) is 0 Å². The van der Waals surface area contributed by atoms with Crippen LogP contribution >= 0.6 is 0 Å². The fraction of sp³-hybridized carbons (Fsp3) is 0.355. The Morgan fingerprint density at radius 3 is 2.27 bits per heavy atom. The molecule has 0 heterocycles.